The number of rotatable bonds is 8. The number of hydrogen-bond acceptors (Lipinski definition) is 6. The number of carbonyl (C=O) groups excluding carboxylic acids is 2. The Hall–Kier alpha value is -3.53. The zero-order valence-electron chi connectivity index (χ0n) is 16.1. The standard InChI is InChI=1S/C19H21FN4O5/c1-12(23(2)11-18(25)21-14-6-4-5-13(20)9-14)19(26)22-16-10-15(24(27)28)7-8-17(16)29-3/h4-10,12H,11H2,1-3H3,(H,21,25)(H,22,26)/t12-/m0/s1. The molecule has 0 spiro atoms. The van der Waals surface area contributed by atoms with E-state index >= 15 is 0 Å². The van der Waals surface area contributed by atoms with Crippen LogP contribution in [0.15, 0.2) is 42.5 Å². The number of methoxy groups -OCH3 is 1. The largest absolute Gasteiger partial charge is 0.495 e. The van der Waals surface area contributed by atoms with E-state index in [1.807, 2.05) is 0 Å². The number of likely N-dealkylation sites (N-methyl/N-ethyl adjacent to an activating group) is 1. The van der Waals surface area contributed by atoms with Crippen LogP contribution in [0.1, 0.15) is 6.92 Å². The molecule has 29 heavy (non-hydrogen) atoms. The first-order chi connectivity index (χ1) is 13.7. The van der Waals surface area contributed by atoms with E-state index in [0.717, 1.165) is 0 Å². The summed E-state index contributed by atoms with van der Waals surface area (Å²) in [7, 11) is 2.95. The summed E-state index contributed by atoms with van der Waals surface area (Å²) < 4.78 is 18.3. The van der Waals surface area contributed by atoms with E-state index in [9.17, 15) is 24.1 Å². The van der Waals surface area contributed by atoms with Crippen LogP contribution in [0.5, 0.6) is 5.75 Å². The molecule has 0 aliphatic rings. The Bertz CT molecular complexity index is 921. The van der Waals surface area contributed by atoms with Crippen molar-refractivity contribution in [3.05, 3.63) is 58.4 Å². The minimum Gasteiger partial charge on any atom is -0.495 e. The molecular formula is C19H21FN4O5. The second-order valence-electron chi connectivity index (χ2n) is 6.28. The summed E-state index contributed by atoms with van der Waals surface area (Å²) in [5.41, 5.74) is 0.259. The molecule has 2 aromatic rings. The van der Waals surface area contributed by atoms with Gasteiger partial charge in [-0.1, -0.05) is 6.07 Å². The van der Waals surface area contributed by atoms with Crippen molar-refractivity contribution in [2.24, 2.45) is 0 Å². The van der Waals surface area contributed by atoms with Crippen LogP contribution < -0.4 is 15.4 Å². The van der Waals surface area contributed by atoms with Gasteiger partial charge in [-0.25, -0.2) is 4.39 Å². The second-order valence-corrected chi connectivity index (χ2v) is 6.28. The van der Waals surface area contributed by atoms with Crippen molar-refractivity contribution in [1.82, 2.24) is 4.90 Å². The van der Waals surface area contributed by atoms with Crippen LogP contribution in [0.3, 0.4) is 0 Å². The smallest absolute Gasteiger partial charge is 0.271 e. The van der Waals surface area contributed by atoms with Gasteiger partial charge in [-0.05, 0) is 38.2 Å². The Morgan fingerprint density at radius 2 is 1.97 bits per heavy atom. The minimum atomic E-state index is -0.739. The van der Waals surface area contributed by atoms with Gasteiger partial charge in [-0.15, -0.1) is 0 Å². The number of carbonyl (C=O) groups is 2. The molecule has 0 saturated heterocycles. The van der Waals surface area contributed by atoms with E-state index < -0.39 is 28.6 Å². The molecular weight excluding hydrogens is 383 g/mol. The van der Waals surface area contributed by atoms with Crippen molar-refractivity contribution in [1.29, 1.82) is 0 Å². The molecule has 0 bridgehead atoms. The van der Waals surface area contributed by atoms with Gasteiger partial charge in [0.05, 0.1) is 30.3 Å². The summed E-state index contributed by atoms with van der Waals surface area (Å²) in [6.07, 6.45) is 0. The highest BCUT2D eigenvalue weighted by molar-refractivity contribution is 5.97. The monoisotopic (exact) mass is 404 g/mol. The number of ether oxygens (including phenoxy) is 1. The molecule has 2 amide bonds. The summed E-state index contributed by atoms with van der Waals surface area (Å²) in [6.45, 7) is 1.45. The number of nitro benzene ring substituents is 1. The molecule has 0 fully saturated rings. The average Bonchev–Trinajstić information content (AvgIpc) is 2.66. The summed E-state index contributed by atoms with van der Waals surface area (Å²) in [5, 5.41) is 16.1. The molecule has 2 rings (SSSR count). The topological polar surface area (TPSA) is 114 Å². The lowest BCUT2D eigenvalue weighted by Crippen LogP contribution is -2.43. The van der Waals surface area contributed by atoms with Gasteiger partial charge in [0, 0.05) is 17.8 Å². The van der Waals surface area contributed by atoms with Crippen molar-refractivity contribution in [3.8, 4) is 5.75 Å². The van der Waals surface area contributed by atoms with Gasteiger partial charge in [0.1, 0.15) is 11.6 Å². The molecule has 0 radical (unpaired) electrons. The maximum atomic E-state index is 13.2. The molecule has 2 N–H and O–H groups in total. The molecule has 0 aliphatic heterocycles. The van der Waals surface area contributed by atoms with E-state index in [-0.39, 0.29) is 23.7 Å². The molecule has 1 atom stereocenters. The Morgan fingerprint density at radius 3 is 2.59 bits per heavy atom. The quantitative estimate of drug-likeness (QED) is 0.516. The van der Waals surface area contributed by atoms with Crippen molar-refractivity contribution < 1.29 is 23.6 Å². The van der Waals surface area contributed by atoms with E-state index in [1.54, 1.807) is 20.0 Å². The van der Waals surface area contributed by atoms with E-state index in [1.165, 1.54) is 48.4 Å². The summed E-state index contributed by atoms with van der Waals surface area (Å²) in [5.74, 6) is -1.12. The molecule has 154 valence electrons. The third-order valence-electron chi connectivity index (χ3n) is 4.19. The first-order valence-electron chi connectivity index (χ1n) is 8.60. The Balaban J connectivity index is 2.01. The Labute approximate surface area is 166 Å². The van der Waals surface area contributed by atoms with Gasteiger partial charge in [0.25, 0.3) is 5.69 Å². The highest BCUT2D eigenvalue weighted by Crippen LogP contribution is 2.29. The number of anilines is 2. The third-order valence-corrected chi connectivity index (χ3v) is 4.19. The van der Waals surface area contributed by atoms with Crippen LogP contribution in [0, 0.1) is 15.9 Å². The maximum absolute atomic E-state index is 13.2. The number of non-ortho nitro benzene ring substituents is 1. The molecule has 2 aromatic carbocycles. The van der Waals surface area contributed by atoms with E-state index in [2.05, 4.69) is 10.6 Å². The van der Waals surface area contributed by atoms with Crippen molar-refractivity contribution >= 4 is 28.9 Å². The zero-order valence-corrected chi connectivity index (χ0v) is 16.1. The fourth-order valence-electron chi connectivity index (χ4n) is 2.47. The van der Waals surface area contributed by atoms with Crippen LogP contribution in [-0.4, -0.2) is 48.4 Å². The van der Waals surface area contributed by atoms with E-state index in [4.69, 9.17) is 4.74 Å². The number of hydrogen-bond donors (Lipinski definition) is 2. The highest BCUT2D eigenvalue weighted by atomic mass is 19.1. The molecule has 10 heteroatoms. The van der Waals surface area contributed by atoms with Gasteiger partial charge < -0.3 is 15.4 Å². The number of benzene rings is 2. The van der Waals surface area contributed by atoms with Crippen molar-refractivity contribution in [3.63, 3.8) is 0 Å². The summed E-state index contributed by atoms with van der Waals surface area (Å²) >= 11 is 0. The predicted molar refractivity (Wildman–Crippen MR) is 105 cm³/mol. The number of amides is 2. The first-order valence-corrected chi connectivity index (χ1v) is 8.60. The zero-order chi connectivity index (χ0) is 21.6. The third kappa shape index (κ3) is 5.98. The number of nitro groups is 1. The van der Waals surface area contributed by atoms with Crippen molar-refractivity contribution in [2.45, 2.75) is 13.0 Å². The number of nitrogens with zero attached hydrogens (tertiary/aromatic N) is 2. The van der Waals surface area contributed by atoms with Crippen molar-refractivity contribution in [2.75, 3.05) is 31.3 Å². The Kier molecular flexibility index (Phi) is 7.21. The van der Waals surface area contributed by atoms with Crippen LogP contribution in [0.4, 0.5) is 21.5 Å². The number of halogens is 1. The normalized spacial score (nSPS) is 11.6. The van der Waals surface area contributed by atoms with Gasteiger partial charge in [-0.3, -0.25) is 24.6 Å². The molecule has 0 aliphatic carbocycles. The van der Waals surface area contributed by atoms with Gasteiger partial charge in [0.15, 0.2) is 0 Å². The van der Waals surface area contributed by atoms with Gasteiger partial charge in [0.2, 0.25) is 11.8 Å². The molecule has 0 unspecified atom stereocenters. The van der Waals surface area contributed by atoms with Gasteiger partial charge >= 0.3 is 0 Å². The van der Waals surface area contributed by atoms with Crippen LogP contribution >= 0.6 is 0 Å². The van der Waals surface area contributed by atoms with Crippen LogP contribution in [0.25, 0.3) is 0 Å². The Morgan fingerprint density at radius 1 is 1.24 bits per heavy atom. The number of nitrogens with one attached hydrogen (secondary N) is 2. The lowest BCUT2D eigenvalue weighted by molar-refractivity contribution is -0.384. The van der Waals surface area contributed by atoms with Crippen LogP contribution in [-0.2, 0) is 9.59 Å². The predicted octanol–water partition coefficient (Wildman–Crippen LogP) is 2.64. The average molecular weight is 404 g/mol. The highest BCUT2D eigenvalue weighted by Gasteiger charge is 2.22. The molecule has 0 saturated carbocycles. The lowest BCUT2D eigenvalue weighted by Gasteiger charge is -2.23. The summed E-state index contributed by atoms with van der Waals surface area (Å²) in [6, 6.07) is 8.56. The fraction of sp³-hybridized carbons (Fsp3) is 0.263. The van der Waals surface area contributed by atoms with Gasteiger partial charge in [-0.2, -0.15) is 0 Å². The molecule has 9 nitrogen and oxygen atoms in total. The second kappa shape index (κ2) is 9.60. The van der Waals surface area contributed by atoms with E-state index in [0.29, 0.717) is 5.69 Å². The molecule has 0 heterocycles. The fourth-order valence-corrected chi connectivity index (χ4v) is 2.47. The van der Waals surface area contributed by atoms with Crippen LogP contribution in [0.2, 0.25) is 0 Å². The maximum Gasteiger partial charge on any atom is 0.271 e. The molecule has 0 aromatic heterocycles. The first kappa shape index (κ1) is 21.8. The minimum absolute atomic E-state index is 0.128. The summed E-state index contributed by atoms with van der Waals surface area (Å²) in [4.78, 5) is 36.5. The lowest BCUT2D eigenvalue weighted by atomic mass is 10.2. The SMILES string of the molecule is COc1ccc([N+](=O)[O-])cc1NC(=O)[C@H](C)N(C)CC(=O)Nc1cccc(F)c1.